The molecule has 0 saturated carbocycles. The number of benzene rings is 3. The lowest BCUT2D eigenvalue weighted by molar-refractivity contribution is 0.138. The minimum absolute atomic E-state index is 0.0226. The van der Waals surface area contributed by atoms with E-state index in [1.165, 1.54) is 30.3 Å². The highest BCUT2D eigenvalue weighted by atomic mass is 35.5. The predicted molar refractivity (Wildman–Crippen MR) is 115 cm³/mol. The zero-order valence-corrected chi connectivity index (χ0v) is 17.6. The minimum Gasteiger partial charge on any atom is -0.445 e. The molecule has 3 rings (SSSR count). The van der Waals surface area contributed by atoms with Gasteiger partial charge >= 0.3 is 6.09 Å². The standard InChI is InChI=1S/C21H18Cl2NO4P/c22-16-11-12-18(19(23)13-16)20(29(26,27)17-9-5-2-6-10-17)24-21(25)28-14-15-7-3-1-4-8-15/h1-13,20H,14H2,(H,24,25)(H,26,27). The maximum Gasteiger partial charge on any atom is 0.408 e. The van der Waals surface area contributed by atoms with Crippen LogP contribution in [0, 0.1) is 0 Å². The van der Waals surface area contributed by atoms with Crippen molar-refractivity contribution in [1.82, 2.24) is 5.32 Å². The highest BCUT2D eigenvalue weighted by Crippen LogP contribution is 2.54. The van der Waals surface area contributed by atoms with Crippen LogP contribution >= 0.6 is 30.6 Å². The van der Waals surface area contributed by atoms with Crippen LogP contribution in [-0.2, 0) is 15.9 Å². The SMILES string of the molecule is O=C(NC(c1ccc(Cl)cc1Cl)P(=O)(O)c1ccccc1)OCc1ccccc1. The number of nitrogens with one attached hydrogen (secondary N) is 1. The summed E-state index contributed by atoms with van der Waals surface area (Å²) in [5.74, 6) is -1.31. The summed E-state index contributed by atoms with van der Waals surface area (Å²) < 4.78 is 18.6. The fourth-order valence-electron chi connectivity index (χ4n) is 2.74. The van der Waals surface area contributed by atoms with Crippen molar-refractivity contribution in [1.29, 1.82) is 0 Å². The highest BCUT2D eigenvalue weighted by Gasteiger charge is 2.37. The molecule has 0 aliphatic heterocycles. The van der Waals surface area contributed by atoms with Gasteiger partial charge in [0, 0.05) is 20.9 Å². The summed E-state index contributed by atoms with van der Waals surface area (Å²) in [6.45, 7) is 0.0226. The molecule has 0 aliphatic rings. The Morgan fingerprint density at radius 2 is 1.62 bits per heavy atom. The van der Waals surface area contributed by atoms with Crippen LogP contribution in [0.15, 0.2) is 78.9 Å². The Balaban J connectivity index is 1.88. The molecule has 150 valence electrons. The molecule has 8 heteroatoms. The number of hydrogen-bond acceptors (Lipinski definition) is 3. The van der Waals surface area contributed by atoms with Crippen molar-refractivity contribution in [3.05, 3.63) is 100 Å². The number of halogens is 2. The first-order valence-corrected chi connectivity index (χ1v) is 11.2. The fourth-order valence-corrected chi connectivity index (χ4v) is 5.12. The average molecular weight is 450 g/mol. The van der Waals surface area contributed by atoms with Crippen molar-refractivity contribution in [3.8, 4) is 0 Å². The number of ether oxygens (including phenoxy) is 1. The lowest BCUT2D eigenvalue weighted by Gasteiger charge is -2.25. The van der Waals surface area contributed by atoms with Gasteiger partial charge in [-0.3, -0.25) is 4.57 Å². The highest BCUT2D eigenvalue weighted by molar-refractivity contribution is 7.66. The van der Waals surface area contributed by atoms with E-state index in [0.29, 0.717) is 5.02 Å². The van der Waals surface area contributed by atoms with Gasteiger partial charge in [0.2, 0.25) is 0 Å². The van der Waals surface area contributed by atoms with Crippen molar-refractivity contribution in [2.45, 2.75) is 12.4 Å². The van der Waals surface area contributed by atoms with E-state index in [0.717, 1.165) is 5.56 Å². The molecule has 2 unspecified atom stereocenters. The predicted octanol–water partition coefficient (Wildman–Crippen LogP) is 5.51. The van der Waals surface area contributed by atoms with Crippen LogP contribution in [0.3, 0.4) is 0 Å². The van der Waals surface area contributed by atoms with Gasteiger partial charge in [0.1, 0.15) is 12.4 Å². The Labute approximate surface area is 178 Å². The summed E-state index contributed by atoms with van der Waals surface area (Å²) in [6, 6.07) is 21.7. The molecule has 3 aromatic carbocycles. The summed E-state index contributed by atoms with van der Waals surface area (Å²) in [6.07, 6.45) is -0.838. The van der Waals surface area contributed by atoms with Gasteiger partial charge in [0.05, 0.1) is 0 Å². The molecule has 2 atom stereocenters. The first-order valence-electron chi connectivity index (χ1n) is 8.68. The number of carbonyl (C=O) groups is 1. The number of amides is 1. The van der Waals surface area contributed by atoms with Gasteiger partial charge in [-0.2, -0.15) is 0 Å². The molecule has 1 amide bonds. The zero-order valence-electron chi connectivity index (χ0n) is 15.2. The Hall–Kier alpha value is -2.30. The van der Waals surface area contributed by atoms with Gasteiger partial charge < -0.3 is 14.9 Å². The smallest absolute Gasteiger partial charge is 0.408 e. The Bertz CT molecular complexity index is 1030. The Morgan fingerprint density at radius 1 is 1.00 bits per heavy atom. The van der Waals surface area contributed by atoms with Crippen molar-refractivity contribution in [3.63, 3.8) is 0 Å². The van der Waals surface area contributed by atoms with E-state index in [-0.39, 0.29) is 22.5 Å². The van der Waals surface area contributed by atoms with Crippen LogP contribution < -0.4 is 10.6 Å². The fraction of sp³-hybridized carbons (Fsp3) is 0.0952. The van der Waals surface area contributed by atoms with E-state index in [2.05, 4.69) is 5.32 Å². The zero-order chi connectivity index (χ0) is 20.9. The third-order valence-electron chi connectivity index (χ3n) is 4.20. The largest absolute Gasteiger partial charge is 0.445 e. The number of carbonyl (C=O) groups excluding carboxylic acids is 1. The average Bonchev–Trinajstić information content (AvgIpc) is 2.72. The van der Waals surface area contributed by atoms with Gasteiger partial charge in [-0.25, -0.2) is 4.79 Å². The van der Waals surface area contributed by atoms with Gasteiger partial charge in [0.25, 0.3) is 7.37 Å². The van der Waals surface area contributed by atoms with Crippen LogP contribution in [-0.4, -0.2) is 11.0 Å². The van der Waals surface area contributed by atoms with Crippen molar-refractivity contribution in [2.24, 2.45) is 0 Å². The molecule has 0 bridgehead atoms. The second-order valence-corrected chi connectivity index (χ2v) is 9.36. The van der Waals surface area contributed by atoms with E-state index >= 15 is 0 Å². The van der Waals surface area contributed by atoms with Crippen LogP contribution in [0.4, 0.5) is 4.79 Å². The van der Waals surface area contributed by atoms with E-state index in [9.17, 15) is 14.3 Å². The monoisotopic (exact) mass is 449 g/mol. The van der Waals surface area contributed by atoms with Crippen LogP contribution in [0.25, 0.3) is 0 Å². The maximum absolute atomic E-state index is 13.4. The molecule has 0 heterocycles. The van der Waals surface area contributed by atoms with Crippen LogP contribution in [0.5, 0.6) is 0 Å². The van der Waals surface area contributed by atoms with E-state index in [1.807, 2.05) is 30.3 Å². The molecule has 0 spiro atoms. The second-order valence-electron chi connectivity index (χ2n) is 6.23. The third-order valence-corrected chi connectivity index (χ3v) is 6.91. The number of alkyl carbamates (subject to hydrolysis) is 1. The van der Waals surface area contributed by atoms with Crippen molar-refractivity contribution in [2.75, 3.05) is 0 Å². The van der Waals surface area contributed by atoms with E-state index in [1.54, 1.807) is 18.2 Å². The van der Waals surface area contributed by atoms with Crippen LogP contribution in [0.1, 0.15) is 16.9 Å². The molecule has 0 fully saturated rings. The summed E-state index contributed by atoms with van der Waals surface area (Å²) in [5, 5.41) is 3.22. The molecule has 0 saturated heterocycles. The summed E-state index contributed by atoms with van der Waals surface area (Å²) in [4.78, 5) is 23.3. The van der Waals surface area contributed by atoms with Crippen LogP contribution in [0.2, 0.25) is 10.0 Å². The second kappa shape index (κ2) is 9.47. The lowest BCUT2D eigenvalue weighted by atomic mass is 10.2. The number of hydrogen-bond donors (Lipinski definition) is 2. The van der Waals surface area contributed by atoms with Crippen molar-refractivity contribution < 1.29 is 19.0 Å². The third kappa shape index (κ3) is 5.40. The maximum atomic E-state index is 13.4. The van der Waals surface area contributed by atoms with Gasteiger partial charge in [-0.15, -0.1) is 0 Å². The molecular weight excluding hydrogens is 432 g/mol. The van der Waals surface area contributed by atoms with Gasteiger partial charge in [-0.05, 0) is 29.8 Å². The number of rotatable bonds is 6. The van der Waals surface area contributed by atoms with Crippen molar-refractivity contribution >= 4 is 42.0 Å². The van der Waals surface area contributed by atoms with E-state index < -0.39 is 19.2 Å². The molecular formula is C21H18Cl2NO4P. The summed E-state index contributed by atoms with van der Waals surface area (Å²) in [7, 11) is -4.11. The summed E-state index contributed by atoms with van der Waals surface area (Å²) in [5.41, 5.74) is 1.06. The Kier molecular flexibility index (Phi) is 6.99. The molecule has 3 aromatic rings. The van der Waals surface area contributed by atoms with Gasteiger partial charge in [0.15, 0.2) is 0 Å². The Morgan fingerprint density at radius 3 is 2.24 bits per heavy atom. The molecule has 0 radical (unpaired) electrons. The quantitative estimate of drug-likeness (QED) is 0.486. The molecule has 0 aromatic heterocycles. The molecule has 2 N–H and O–H groups in total. The summed E-state index contributed by atoms with van der Waals surface area (Å²) >= 11 is 12.2. The lowest BCUT2D eigenvalue weighted by Crippen LogP contribution is -2.31. The minimum atomic E-state index is -4.11. The van der Waals surface area contributed by atoms with Gasteiger partial charge in [-0.1, -0.05) is 77.8 Å². The first-order chi connectivity index (χ1) is 13.9. The van der Waals surface area contributed by atoms with E-state index in [4.69, 9.17) is 27.9 Å². The normalized spacial score (nSPS) is 13.9. The molecule has 29 heavy (non-hydrogen) atoms. The topological polar surface area (TPSA) is 75.6 Å². The first kappa shape index (κ1) is 21.4. The molecule has 0 aliphatic carbocycles. The molecule has 5 nitrogen and oxygen atoms in total.